The Morgan fingerprint density at radius 1 is 1.15 bits per heavy atom. The number of thiocyanates is 1. The molecule has 0 spiro atoms. The summed E-state index contributed by atoms with van der Waals surface area (Å²) in [6.45, 7) is 4.29. The molecule has 0 heterocycles. The van der Waals surface area contributed by atoms with Crippen LogP contribution in [0.1, 0.15) is 19.4 Å². The summed E-state index contributed by atoms with van der Waals surface area (Å²) in [6, 6.07) is 18.8. The molecular weight excluding hydrogens is 356 g/mol. The van der Waals surface area contributed by atoms with E-state index in [-0.39, 0.29) is 17.5 Å². The van der Waals surface area contributed by atoms with Crippen molar-refractivity contribution < 1.29 is 4.79 Å². The first-order valence-corrected chi connectivity index (χ1v) is 9.24. The molecule has 1 N–H and O–H groups in total. The molecule has 2 rings (SSSR count). The Bertz CT molecular complexity index is 877. The zero-order valence-electron chi connectivity index (χ0n) is 15.2. The first-order valence-electron chi connectivity index (χ1n) is 8.43. The van der Waals surface area contributed by atoms with Crippen molar-refractivity contribution in [2.45, 2.75) is 31.3 Å². The number of benzene rings is 2. The molecule has 1 amide bonds. The lowest BCUT2D eigenvalue weighted by Crippen LogP contribution is -2.37. The number of rotatable bonds is 7. The van der Waals surface area contributed by atoms with Crippen molar-refractivity contribution >= 4 is 23.4 Å². The Balaban J connectivity index is 2.13. The number of carbonyl (C=O) groups is 1. The van der Waals surface area contributed by atoms with Crippen LogP contribution in [0.2, 0.25) is 0 Å². The molecule has 0 saturated heterocycles. The topological polar surface area (TPSA) is 79.9 Å². The van der Waals surface area contributed by atoms with E-state index in [1.807, 2.05) is 55.6 Å². The highest BCUT2D eigenvalue weighted by atomic mass is 32.2. The van der Waals surface area contributed by atoms with E-state index in [0.717, 1.165) is 27.9 Å². The minimum absolute atomic E-state index is 0.0371. The van der Waals surface area contributed by atoms with E-state index >= 15 is 0 Å². The van der Waals surface area contributed by atoms with Crippen molar-refractivity contribution in [1.29, 1.82) is 10.5 Å². The van der Waals surface area contributed by atoms with Crippen LogP contribution in [0.3, 0.4) is 0 Å². The van der Waals surface area contributed by atoms with Crippen LogP contribution in [0, 0.1) is 22.0 Å². The average molecular weight is 376 g/mol. The highest BCUT2D eigenvalue weighted by Gasteiger charge is 2.21. The predicted octanol–water partition coefficient (Wildman–Crippen LogP) is 4.52. The molecule has 136 valence electrons. The molecule has 27 heavy (non-hydrogen) atoms. The van der Waals surface area contributed by atoms with Crippen molar-refractivity contribution in [2.24, 2.45) is 0 Å². The van der Waals surface area contributed by atoms with Gasteiger partial charge in [-0.25, -0.2) is 0 Å². The van der Waals surface area contributed by atoms with Gasteiger partial charge < -0.3 is 10.2 Å². The van der Waals surface area contributed by atoms with Gasteiger partial charge in [-0.2, -0.15) is 10.5 Å². The summed E-state index contributed by atoms with van der Waals surface area (Å²) >= 11 is 1.07. The van der Waals surface area contributed by atoms with Gasteiger partial charge in [-0.1, -0.05) is 30.3 Å². The lowest BCUT2D eigenvalue weighted by Gasteiger charge is -2.26. The van der Waals surface area contributed by atoms with Crippen LogP contribution in [0.5, 0.6) is 0 Å². The second-order valence-corrected chi connectivity index (χ2v) is 6.90. The first-order chi connectivity index (χ1) is 13.0. The molecule has 2 aromatic rings. The molecule has 0 unspecified atom stereocenters. The van der Waals surface area contributed by atoms with Crippen molar-refractivity contribution in [3.05, 3.63) is 71.9 Å². The Hall–Kier alpha value is -3.22. The van der Waals surface area contributed by atoms with Gasteiger partial charge in [-0.3, -0.25) is 4.79 Å². The number of thioether (sulfide) groups is 1. The minimum Gasteiger partial charge on any atom is -0.360 e. The first kappa shape index (κ1) is 20.1. The highest BCUT2D eigenvalue weighted by Crippen LogP contribution is 2.19. The molecule has 0 fully saturated rings. The summed E-state index contributed by atoms with van der Waals surface area (Å²) in [7, 11) is 0. The van der Waals surface area contributed by atoms with Crippen LogP contribution in [0.25, 0.3) is 0 Å². The van der Waals surface area contributed by atoms with E-state index in [9.17, 15) is 10.1 Å². The van der Waals surface area contributed by atoms with E-state index < -0.39 is 0 Å². The van der Waals surface area contributed by atoms with E-state index in [1.165, 1.54) is 6.20 Å². The second kappa shape index (κ2) is 10.1. The van der Waals surface area contributed by atoms with Gasteiger partial charge in [0.1, 0.15) is 17.0 Å². The fourth-order valence-electron chi connectivity index (χ4n) is 2.39. The number of nitriles is 2. The van der Waals surface area contributed by atoms with Gasteiger partial charge in [0, 0.05) is 29.4 Å². The zero-order valence-corrected chi connectivity index (χ0v) is 16.0. The summed E-state index contributed by atoms with van der Waals surface area (Å²) in [6.07, 6.45) is 1.43. The maximum absolute atomic E-state index is 12.8. The fraction of sp³-hybridized carbons (Fsp3) is 0.190. The maximum atomic E-state index is 12.8. The van der Waals surface area contributed by atoms with Gasteiger partial charge in [0.2, 0.25) is 0 Å². The van der Waals surface area contributed by atoms with Gasteiger partial charge in [0.15, 0.2) is 0 Å². The standard InChI is InChI=1S/C21H20N4OS/c1-16(2)25(14-17-6-4-3-5-7-17)21(26)18(12-22)13-24-19-8-10-20(11-9-19)27-15-23/h3-11,13,16,24H,14H2,1-2H3/b18-13-. The number of carbonyl (C=O) groups excluding carboxylic acids is 1. The molecule has 2 aromatic carbocycles. The maximum Gasteiger partial charge on any atom is 0.266 e. The van der Waals surface area contributed by atoms with E-state index in [2.05, 4.69) is 5.32 Å². The Morgan fingerprint density at radius 2 is 1.81 bits per heavy atom. The lowest BCUT2D eigenvalue weighted by atomic mass is 10.1. The molecule has 0 aliphatic carbocycles. The number of nitrogens with one attached hydrogen (secondary N) is 1. The van der Waals surface area contributed by atoms with Crippen LogP contribution in [0.4, 0.5) is 5.69 Å². The van der Waals surface area contributed by atoms with Crippen molar-refractivity contribution in [3.63, 3.8) is 0 Å². The summed E-state index contributed by atoms with van der Waals surface area (Å²) in [4.78, 5) is 15.3. The van der Waals surface area contributed by atoms with Gasteiger partial charge in [-0.15, -0.1) is 0 Å². The highest BCUT2D eigenvalue weighted by molar-refractivity contribution is 8.03. The smallest absolute Gasteiger partial charge is 0.266 e. The van der Waals surface area contributed by atoms with Gasteiger partial charge in [0.25, 0.3) is 5.91 Å². The third kappa shape index (κ3) is 5.91. The lowest BCUT2D eigenvalue weighted by molar-refractivity contribution is -0.129. The van der Waals surface area contributed by atoms with Crippen molar-refractivity contribution in [2.75, 3.05) is 5.32 Å². The molecule has 0 bridgehead atoms. The van der Waals surface area contributed by atoms with Gasteiger partial charge in [-0.05, 0) is 55.4 Å². The van der Waals surface area contributed by atoms with Gasteiger partial charge >= 0.3 is 0 Å². The molecule has 0 aliphatic rings. The Kier molecular flexibility index (Phi) is 7.49. The normalized spacial score (nSPS) is 10.8. The Labute approximate surface area is 163 Å². The Morgan fingerprint density at radius 3 is 2.37 bits per heavy atom. The average Bonchev–Trinajstić information content (AvgIpc) is 2.68. The predicted molar refractivity (Wildman–Crippen MR) is 107 cm³/mol. The zero-order chi connectivity index (χ0) is 19.6. The summed E-state index contributed by atoms with van der Waals surface area (Å²) in [5.74, 6) is -0.319. The monoisotopic (exact) mass is 376 g/mol. The van der Waals surface area contributed by atoms with Crippen LogP contribution >= 0.6 is 11.8 Å². The van der Waals surface area contributed by atoms with Crippen LogP contribution in [0.15, 0.2) is 71.3 Å². The SMILES string of the molecule is CC(C)N(Cc1ccccc1)C(=O)/C(C#N)=C\Nc1ccc(SC#N)cc1. The minimum atomic E-state index is -0.319. The number of amides is 1. The molecule has 6 heteroatoms. The fourth-order valence-corrected chi connectivity index (χ4v) is 2.77. The van der Waals surface area contributed by atoms with Crippen LogP contribution in [-0.2, 0) is 11.3 Å². The van der Waals surface area contributed by atoms with E-state index in [4.69, 9.17) is 5.26 Å². The summed E-state index contributed by atoms with van der Waals surface area (Å²) in [5.41, 5.74) is 1.78. The molecule has 5 nitrogen and oxygen atoms in total. The largest absolute Gasteiger partial charge is 0.360 e. The second-order valence-electron chi connectivity index (χ2n) is 6.04. The van der Waals surface area contributed by atoms with Crippen molar-refractivity contribution in [1.82, 2.24) is 4.90 Å². The summed E-state index contributed by atoms with van der Waals surface area (Å²) < 4.78 is 0. The quantitative estimate of drug-likeness (QED) is 0.333. The van der Waals surface area contributed by atoms with E-state index in [0.29, 0.717) is 6.54 Å². The molecule has 0 atom stereocenters. The number of anilines is 1. The number of hydrogen-bond donors (Lipinski definition) is 1. The third-order valence-electron chi connectivity index (χ3n) is 3.83. The molecular formula is C21H20N4OS. The number of hydrogen-bond acceptors (Lipinski definition) is 5. The molecule has 0 aromatic heterocycles. The van der Waals surface area contributed by atoms with E-state index in [1.54, 1.807) is 29.2 Å². The summed E-state index contributed by atoms with van der Waals surface area (Å²) in [5, 5.41) is 23.1. The van der Waals surface area contributed by atoms with Crippen molar-refractivity contribution in [3.8, 4) is 11.5 Å². The van der Waals surface area contributed by atoms with Crippen LogP contribution < -0.4 is 5.32 Å². The molecule has 0 radical (unpaired) electrons. The van der Waals surface area contributed by atoms with Crippen LogP contribution in [-0.4, -0.2) is 16.8 Å². The molecule has 0 saturated carbocycles. The number of nitrogens with zero attached hydrogens (tertiary/aromatic N) is 3. The third-order valence-corrected chi connectivity index (χ3v) is 4.43. The van der Waals surface area contributed by atoms with Gasteiger partial charge in [0.05, 0.1) is 0 Å². The molecule has 0 aliphatic heterocycles.